The lowest BCUT2D eigenvalue weighted by Crippen LogP contribution is -2.09. The maximum atomic E-state index is 12.7. The minimum atomic E-state index is -0.111. The van der Waals surface area contributed by atoms with E-state index in [0.717, 1.165) is 28.6 Å². The number of furan rings is 1. The maximum Gasteiger partial charge on any atom is 0.246 e. The molecule has 1 aromatic carbocycles. The number of hydrogen-bond donors (Lipinski definition) is 0. The second-order valence-electron chi connectivity index (χ2n) is 5.12. The van der Waals surface area contributed by atoms with Crippen LogP contribution < -0.4 is 0 Å². The zero-order valence-electron chi connectivity index (χ0n) is 12.5. The van der Waals surface area contributed by atoms with E-state index < -0.39 is 0 Å². The van der Waals surface area contributed by atoms with E-state index >= 15 is 0 Å². The molecule has 0 aliphatic carbocycles. The summed E-state index contributed by atoms with van der Waals surface area (Å²) in [5, 5.41) is 5.37. The highest BCUT2D eigenvalue weighted by Crippen LogP contribution is 2.24. The van der Waals surface area contributed by atoms with Gasteiger partial charge in [-0.3, -0.25) is 9.48 Å². The molecule has 0 fully saturated rings. The van der Waals surface area contributed by atoms with Gasteiger partial charge in [0.25, 0.3) is 0 Å². The van der Waals surface area contributed by atoms with Gasteiger partial charge in [-0.25, -0.2) is 0 Å². The van der Waals surface area contributed by atoms with Crippen LogP contribution in [0.3, 0.4) is 0 Å². The van der Waals surface area contributed by atoms with E-state index in [1.807, 2.05) is 51.1 Å². The Morgan fingerprint density at radius 1 is 1.29 bits per heavy atom. The van der Waals surface area contributed by atoms with E-state index in [4.69, 9.17) is 4.42 Å². The lowest BCUT2D eigenvalue weighted by atomic mass is 10.1. The van der Waals surface area contributed by atoms with Gasteiger partial charge in [-0.15, -0.1) is 0 Å². The Bertz CT molecular complexity index is 811. The molecule has 0 aliphatic rings. The van der Waals surface area contributed by atoms with E-state index in [1.165, 1.54) is 0 Å². The van der Waals surface area contributed by atoms with Gasteiger partial charge in [0.15, 0.2) is 5.76 Å². The van der Waals surface area contributed by atoms with Crippen LogP contribution in [0.5, 0.6) is 0 Å². The first-order valence-electron chi connectivity index (χ1n) is 7.24. The number of carbonyl (C=O) groups excluding carboxylic acids is 1. The maximum absolute atomic E-state index is 12.7. The topological polar surface area (TPSA) is 48.0 Å². The van der Waals surface area contributed by atoms with Crippen molar-refractivity contribution in [1.29, 1.82) is 0 Å². The predicted octanol–water partition coefficient (Wildman–Crippen LogP) is 3.75. The molecule has 0 atom stereocenters. The van der Waals surface area contributed by atoms with Crippen molar-refractivity contribution >= 4 is 16.8 Å². The SMILES string of the molecule is CCc1cc(C(=O)c2cc3cccc(C)c3o2)n(CC)n1. The van der Waals surface area contributed by atoms with Crippen LogP contribution in [0, 0.1) is 6.92 Å². The molecule has 0 radical (unpaired) electrons. The Morgan fingerprint density at radius 3 is 2.76 bits per heavy atom. The quantitative estimate of drug-likeness (QED) is 0.685. The number of fused-ring (bicyclic) bond motifs is 1. The molecular weight excluding hydrogens is 264 g/mol. The number of hydrogen-bond acceptors (Lipinski definition) is 3. The van der Waals surface area contributed by atoms with Gasteiger partial charge in [0, 0.05) is 11.9 Å². The summed E-state index contributed by atoms with van der Waals surface area (Å²) in [5.74, 6) is 0.260. The van der Waals surface area contributed by atoms with Gasteiger partial charge < -0.3 is 4.42 Å². The molecule has 3 rings (SSSR count). The lowest BCUT2D eigenvalue weighted by molar-refractivity contribution is 0.100. The molecule has 0 saturated carbocycles. The second-order valence-corrected chi connectivity index (χ2v) is 5.12. The monoisotopic (exact) mass is 282 g/mol. The third-order valence-electron chi connectivity index (χ3n) is 3.69. The zero-order valence-corrected chi connectivity index (χ0v) is 12.5. The number of aryl methyl sites for hydroxylation is 3. The van der Waals surface area contributed by atoms with Crippen LogP contribution in [0.1, 0.15) is 41.4 Å². The van der Waals surface area contributed by atoms with Crippen LogP contribution in [0.2, 0.25) is 0 Å². The molecule has 3 aromatic rings. The third-order valence-corrected chi connectivity index (χ3v) is 3.69. The predicted molar refractivity (Wildman–Crippen MR) is 81.7 cm³/mol. The van der Waals surface area contributed by atoms with E-state index in [1.54, 1.807) is 4.68 Å². The molecule has 0 unspecified atom stereocenters. The van der Waals surface area contributed by atoms with Gasteiger partial charge in [-0.05, 0) is 38.0 Å². The van der Waals surface area contributed by atoms with Crippen LogP contribution in [0.15, 0.2) is 34.7 Å². The molecule has 21 heavy (non-hydrogen) atoms. The number of para-hydroxylation sites is 1. The fourth-order valence-corrected chi connectivity index (χ4v) is 2.51. The Hall–Kier alpha value is -2.36. The Kier molecular flexibility index (Phi) is 3.37. The minimum Gasteiger partial charge on any atom is -0.452 e. The summed E-state index contributed by atoms with van der Waals surface area (Å²) in [6, 6.07) is 9.56. The van der Waals surface area contributed by atoms with E-state index in [0.29, 0.717) is 18.0 Å². The highest BCUT2D eigenvalue weighted by Gasteiger charge is 2.20. The summed E-state index contributed by atoms with van der Waals surface area (Å²) in [6.07, 6.45) is 0.812. The van der Waals surface area contributed by atoms with Gasteiger partial charge in [0.2, 0.25) is 5.78 Å². The van der Waals surface area contributed by atoms with Crippen molar-refractivity contribution in [3.05, 3.63) is 53.0 Å². The number of nitrogens with zero attached hydrogens (tertiary/aromatic N) is 2. The lowest BCUT2D eigenvalue weighted by Gasteiger charge is -2.01. The highest BCUT2D eigenvalue weighted by molar-refractivity contribution is 6.08. The van der Waals surface area contributed by atoms with Gasteiger partial charge in [-0.2, -0.15) is 5.10 Å². The fraction of sp³-hybridized carbons (Fsp3) is 0.294. The third kappa shape index (κ3) is 2.27. The largest absolute Gasteiger partial charge is 0.452 e. The first-order valence-corrected chi connectivity index (χ1v) is 7.24. The van der Waals surface area contributed by atoms with Gasteiger partial charge in [0.1, 0.15) is 11.3 Å². The normalized spacial score (nSPS) is 11.2. The van der Waals surface area contributed by atoms with E-state index in [9.17, 15) is 4.79 Å². The number of aromatic nitrogens is 2. The van der Waals surface area contributed by atoms with Gasteiger partial charge in [-0.1, -0.05) is 25.1 Å². The van der Waals surface area contributed by atoms with Crippen molar-refractivity contribution in [2.45, 2.75) is 33.7 Å². The number of carbonyl (C=O) groups is 1. The van der Waals surface area contributed by atoms with Crippen LogP contribution in [-0.4, -0.2) is 15.6 Å². The first kappa shape index (κ1) is 13.6. The molecule has 0 bridgehead atoms. The molecule has 4 heteroatoms. The molecule has 0 N–H and O–H groups in total. The highest BCUT2D eigenvalue weighted by atomic mass is 16.3. The molecule has 4 nitrogen and oxygen atoms in total. The summed E-state index contributed by atoms with van der Waals surface area (Å²) in [4.78, 5) is 12.7. The molecule has 2 heterocycles. The van der Waals surface area contributed by atoms with Crippen molar-refractivity contribution in [3.63, 3.8) is 0 Å². The average molecular weight is 282 g/mol. The molecule has 2 aromatic heterocycles. The standard InChI is InChI=1S/C17H18N2O2/c1-4-13-10-14(19(5-2)18-13)16(20)15-9-12-8-6-7-11(3)17(12)21-15/h6-10H,4-5H2,1-3H3. The van der Waals surface area contributed by atoms with Crippen molar-refractivity contribution in [2.24, 2.45) is 0 Å². The summed E-state index contributed by atoms with van der Waals surface area (Å²) in [6.45, 7) is 6.65. The van der Waals surface area contributed by atoms with Crippen molar-refractivity contribution in [1.82, 2.24) is 9.78 Å². The van der Waals surface area contributed by atoms with Crippen LogP contribution in [-0.2, 0) is 13.0 Å². The molecule has 0 aliphatic heterocycles. The van der Waals surface area contributed by atoms with Gasteiger partial charge in [0.05, 0.1) is 5.69 Å². The van der Waals surface area contributed by atoms with Crippen molar-refractivity contribution in [3.8, 4) is 0 Å². The summed E-state index contributed by atoms with van der Waals surface area (Å²) in [7, 11) is 0. The number of rotatable bonds is 4. The second kappa shape index (κ2) is 5.20. The van der Waals surface area contributed by atoms with Crippen molar-refractivity contribution in [2.75, 3.05) is 0 Å². The van der Waals surface area contributed by atoms with Gasteiger partial charge >= 0.3 is 0 Å². The molecule has 0 amide bonds. The average Bonchev–Trinajstić information content (AvgIpc) is 3.11. The van der Waals surface area contributed by atoms with Crippen LogP contribution in [0.25, 0.3) is 11.0 Å². The minimum absolute atomic E-state index is 0.111. The summed E-state index contributed by atoms with van der Waals surface area (Å²) in [5.41, 5.74) is 3.32. The molecular formula is C17H18N2O2. The number of ketones is 1. The smallest absolute Gasteiger partial charge is 0.246 e. The summed E-state index contributed by atoms with van der Waals surface area (Å²) >= 11 is 0. The molecule has 0 spiro atoms. The van der Waals surface area contributed by atoms with E-state index in [-0.39, 0.29) is 5.78 Å². The Labute approximate surface area is 123 Å². The van der Waals surface area contributed by atoms with Crippen LogP contribution in [0.4, 0.5) is 0 Å². The van der Waals surface area contributed by atoms with Crippen molar-refractivity contribution < 1.29 is 9.21 Å². The Balaban J connectivity index is 2.08. The van der Waals surface area contributed by atoms with Crippen LogP contribution >= 0.6 is 0 Å². The number of benzene rings is 1. The zero-order chi connectivity index (χ0) is 15.0. The Morgan fingerprint density at radius 2 is 2.10 bits per heavy atom. The summed E-state index contributed by atoms with van der Waals surface area (Å²) < 4.78 is 7.50. The first-order chi connectivity index (χ1) is 10.1. The fourth-order valence-electron chi connectivity index (χ4n) is 2.51. The molecule has 0 saturated heterocycles. The molecule has 108 valence electrons. The van der Waals surface area contributed by atoms with E-state index in [2.05, 4.69) is 5.10 Å².